The van der Waals surface area contributed by atoms with E-state index in [4.69, 9.17) is 9.47 Å². The van der Waals surface area contributed by atoms with Crippen molar-refractivity contribution in [2.75, 3.05) is 0 Å². The van der Waals surface area contributed by atoms with Crippen molar-refractivity contribution in [2.45, 2.75) is 6.10 Å². The summed E-state index contributed by atoms with van der Waals surface area (Å²) in [7, 11) is 0. The fraction of sp³-hybridized carbons (Fsp3) is 0.0833. The maximum absolute atomic E-state index is 11.4. The third kappa shape index (κ3) is 1.24. The van der Waals surface area contributed by atoms with E-state index in [0.717, 1.165) is 11.3 Å². The van der Waals surface area contributed by atoms with Gasteiger partial charge in [0.1, 0.15) is 5.75 Å². The van der Waals surface area contributed by atoms with Crippen LogP contribution in [0.15, 0.2) is 42.2 Å². The molecule has 2 aliphatic rings. The maximum Gasteiger partial charge on any atom is 0.342 e. The standard InChI is InChI=1S/C12H8O3/c13-12-9-7-8-3-1-2-4-10(8)15-11(9)5-6-14-12/h1-7,11H. The Hall–Kier alpha value is -2.03. The third-order valence-electron chi connectivity index (χ3n) is 2.45. The van der Waals surface area contributed by atoms with Gasteiger partial charge < -0.3 is 9.47 Å². The van der Waals surface area contributed by atoms with E-state index in [1.807, 2.05) is 30.3 Å². The average Bonchev–Trinajstić information content (AvgIpc) is 2.27. The van der Waals surface area contributed by atoms with Gasteiger partial charge in [-0.3, -0.25) is 0 Å². The second-order valence-electron chi connectivity index (χ2n) is 3.41. The first-order valence-electron chi connectivity index (χ1n) is 4.69. The van der Waals surface area contributed by atoms with E-state index in [9.17, 15) is 4.79 Å². The van der Waals surface area contributed by atoms with E-state index in [2.05, 4.69) is 0 Å². The molecule has 0 fully saturated rings. The van der Waals surface area contributed by atoms with Crippen LogP contribution < -0.4 is 4.74 Å². The van der Waals surface area contributed by atoms with Crippen LogP contribution in [0.2, 0.25) is 0 Å². The molecule has 1 atom stereocenters. The van der Waals surface area contributed by atoms with Crippen LogP contribution in [-0.2, 0) is 9.53 Å². The third-order valence-corrected chi connectivity index (χ3v) is 2.45. The summed E-state index contributed by atoms with van der Waals surface area (Å²) in [5, 5.41) is 0. The normalized spacial score (nSPS) is 22.0. The Bertz CT molecular complexity index is 485. The summed E-state index contributed by atoms with van der Waals surface area (Å²) in [6.45, 7) is 0. The zero-order chi connectivity index (χ0) is 10.3. The zero-order valence-corrected chi connectivity index (χ0v) is 7.84. The van der Waals surface area contributed by atoms with E-state index >= 15 is 0 Å². The summed E-state index contributed by atoms with van der Waals surface area (Å²) in [5.41, 5.74) is 1.47. The lowest BCUT2D eigenvalue weighted by molar-refractivity contribution is -0.135. The van der Waals surface area contributed by atoms with Crippen molar-refractivity contribution in [3.05, 3.63) is 47.7 Å². The Labute approximate surface area is 86.6 Å². The molecule has 3 rings (SSSR count). The first-order chi connectivity index (χ1) is 7.34. The zero-order valence-electron chi connectivity index (χ0n) is 7.84. The molecule has 0 amide bonds. The van der Waals surface area contributed by atoms with E-state index < -0.39 is 0 Å². The lowest BCUT2D eigenvalue weighted by Crippen LogP contribution is -2.28. The van der Waals surface area contributed by atoms with Gasteiger partial charge in [0.25, 0.3) is 0 Å². The SMILES string of the molecule is O=C1OC=CC2Oc3ccccc3C=C12. The fourth-order valence-electron chi connectivity index (χ4n) is 1.72. The first-order valence-corrected chi connectivity index (χ1v) is 4.69. The second-order valence-corrected chi connectivity index (χ2v) is 3.41. The number of para-hydroxylation sites is 1. The van der Waals surface area contributed by atoms with Gasteiger partial charge in [-0.05, 0) is 18.2 Å². The van der Waals surface area contributed by atoms with E-state index in [0.29, 0.717) is 5.57 Å². The van der Waals surface area contributed by atoms with Crippen LogP contribution in [0.3, 0.4) is 0 Å². The van der Waals surface area contributed by atoms with Crippen LogP contribution in [0, 0.1) is 0 Å². The van der Waals surface area contributed by atoms with Gasteiger partial charge in [-0.15, -0.1) is 0 Å². The van der Waals surface area contributed by atoms with Gasteiger partial charge in [-0.1, -0.05) is 18.2 Å². The molecular formula is C12H8O3. The summed E-state index contributed by atoms with van der Waals surface area (Å²) in [5.74, 6) is 0.461. The number of carbonyl (C=O) groups excluding carboxylic acids is 1. The minimum absolute atomic E-state index is 0.304. The molecule has 15 heavy (non-hydrogen) atoms. The number of rotatable bonds is 0. The number of carbonyl (C=O) groups is 1. The van der Waals surface area contributed by atoms with E-state index in [1.54, 1.807) is 6.08 Å². The van der Waals surface area contributed by atoms with Crippen LogP contribution in [0.1, 0.15) is 5.56 Å². The first kappa shape index (κ1) is 8.29. The van der Waals surface area contributed by atoms with Gasteiger partial charge >= 0.3 is 5.97 Å². The van der Waals surface area contributed by atoms with Crippen LogP contribution in [-0.4, -0.2) is 12.1 Å². The van der Waals surface area contributed by atoms with Gasteiger partial charge in [-0.2, -0.15) is 0 Å². The predicted octanol–water partition coefficient (Wildman–Crippen LogP) is 1.90. The second kappa shape index (κ2) is 2.98. The molecule has 0 saturated heterocycles. The minimum Gasteiger partial charge on any atom is -0.481 e. The number of esters is 1. The summed E-state index contributed by atoms with van der Waals surface area (Å²) in [6, 6.07) is 7.60. The molecule has 2 aliphatic heterocycles. The van der Waals surface area contributed by atoms with Crippen LogP contribution in [0.4, 0.5) is 0 Å². The van der Waals surface area contributed by atoms with Crippen molar-refractivity contribution in [3.63, 3.8) is 0 Å². The van der Waals surface area contributed by atoms with Crippen molar-refractivity contribution in [1.82, 2.24) is 0 Å². The van der Waals surface area contributed by atoms with Gasteiger partial charge in [-0.25, -0.2) is 4.79 Å². The van der Waals surface area contributed by atoms with Crippen molar-refractivity contribution < 1.29 is 14.3 Å². The summed E-state index contributed by atoms with van der Waals surface area (Å²) in [4.78, 5) is 11.4. The van der Waals surface area contributed by atoms with Crippen molar-refractivity contribution in [2.24, 2.45) is 0 Å². The molecule has 0 bridgehead atoms. The molecule has 0 N–H and O–H groups in total. The van der Waals surface area contributed by atoms with E-state index in [1.165, 1.54) is 6.26 Å². The molecule has 0 aromatic heterocycles. The van der Waals surface area contributed by atoms with Gasteiger partial charge in [0, 0.05) is 5.56 Å². The van der Waals surface area contributed by atoms with Gasteiger partial charge in [0.15, 0.2) is 6.10 Å². The number of hydrogen-bond donors (Lipinski definition) is 0. The van der Waals surface area contributed by atoms with Crippen molar-refractivity contribution in [1.29, 1.82) is 0 Å². The van der Waals surface area contributed by atoms with Crippen LogP contribution in [0.5, 0.6) is 5.75 Å². The monoisotopic (exact) mass is 200 g/mol. The molecule has 3 heteroatoms. The number of cyclic esters (lactones) is 1. The fourth-order valence-corrected chi connectivity index (χ4v) is 1.72. The molecular weight excluding hydrogens is 192 g/mol. The van der Waals surface area contributed by atoms with Crippen LogP contribution in [0.25, 0.3) is 6.08 Å². The number of fused-ring (bicyclic) bond motifs is 2. The van der Waals surface area contributed by atoms with Gasteiger partial charge in [0.2, 0.25) is 0 Å². The highest BCUT2D eigenvalue weighted by atomic mass is 16.5. The molecule has 74 valence electrons. The van der Waals surface area contributed by atoms with Crippen molar-refractivity contribution in [3.8, 4) is 5.75 Å². The molecule has 0 aliphatic carbocycles. The molecule has 0 saturated carbocycles. The molecule has 0 radical (unpaired) electrons. The number of hydrogen-bond acceptors (Lipinski definition) is 3. The largest absolute Gasteiger partial charge is 0.481 e. The average molecular weight is 200 g/mol. The van der Waals surface area contributed by atoms with Crippen molar-refractivity contribution >= 4 is 12.0 Å². The highest BCUT2D eigenvalue weighted by Crippen LogP contribution is 2.31. The molecule has 1 unspecified atom stereocenters. The summed E-state index contributed by atoms with van der Waals surface area (Å²) >= 11 is 0. The Balaban J connectivity index is 2.14. The molecule has 2 heterocycles. The molecule has 0 spiro atoms. The quantitative estimate of drug-likeness (QED) is 0.600. The number of benzene rings is 1. The summed E-state index contributed by atoms with van der Waals surface area (Å²) in [6.07, 6.45) is 4.61. The predicted molar refractivity (Wildman–Crippen MR) is 54.1 cm³/mol. The lowest BCUT2D eigenvalue weighted by atomic mass is 10.0. The smallest absolute Gasteiger partial charge is 0.342 e. The molecule has 1 aromatic rings. The number of ether oxygens (including phenoxy) is 2. The minimum atomic E-state index is -0.336. The Morgan fingerprint density at radius 1 is 1.20 bits per heavy atom. The van der Waals surface area contributed by atoms with E-state index in [-0.39, 0.29) is 12.1 Å². The molecule has 1 aromatic carbocycles. The Morgan fingerprint density at radius 2 is 2.07 bits per heavy atom. The van der Waals surface area contributed by atoms with Crippen LogP contribution >= 0.6 is 0 Å². The Morgan fingerprint density at radius 3 is 3.00 bits per heavy atom. The van der Waals surface area contributed by atoms with Gasteiger partial charge in [0.05, 0.1) is 11.8 Å². The highest BCUT2D eigenvalue weighted by molar-refractivity contribution is 5.97. The Kier molecular flexibility index (Phi) is 1.65. The lowest BCUT2D eigenvalue weighted by Gasteiger charge is -2.25. The maximum atomic E-state index is 11.4. The molecule has 3 nitrogen and oxygen atoms in total. The highest BCUT2D eigenvalue weighted by Gasteiger charge is 2.29. The summed E-state index contributed by atoms with van der Waals surface area (Å²) < 4.78 is 10.4. The topological polar surface area (TPSA) is 35.5 Å².